The van der Waals surface area contributed by atoms with Crippen LogP contribution in [-0.2, 0) is 24.3 Å². The molecule has 1 aromatic heterocycles. The number of hydrogen-bond acceptors (Lipinski definition) is 2. The zero-order chi connectivity index (χ0) is 19.7. The van der Waals surface area contributed by atoms with Crippen molar-refractivity contribution in [2.24, 2.45) is 5.73 Å². The molecule has 0 unspecified atom stereocenters. The number of fused-ring (bicyclic) bond motifs is 1. The predicted molar refractivity (Wildman–Crippen MR) is 96.6 cm³/mol. The zero-order valence-corrected chi connectivity index (χ0v) is 15.5. The van der Waals surface area contributed by atoms with Crippen molar-refractivity contribution >= 4 is 5.91 Å². The van der Waals surface area contributed by atoms with E-state index >= 15 is 0 Å². The maximum absolute atomic E-state index is 13.8. The lowest BCUT2D eigenvalue weighted by Gasteiger charge is -2.31. The predicted octanol–water partition coefficient (Wildman–Crippen LogP) is 3.33. The molecule has 4 nitrogen and oxygen atoms in total. The highest BCUT2D eigenvalue weighted by molar-refractivity contribution is 5.77. The molecular weight excluding hydrogens is 355 g/mol. The first kappa shape index (κ1) is 19.5. The number of carbonyl (C=O) groups is 1. The number of hydrogen-bond donors (Lipinski definition) is 1. The number of halogens is 3. The molecule has 2 heterocycles. The molecule has 1 atom stereocenters. The minimum absolute atomic E-state index is 0.0240. The minimum atomic E-state index is -1.24. The summed E-state index contributed by atoms with van der Waals surface area (Å²) in [6, 6.07) is 4.76. The van der Waals surface area contributed by atoms with E-state index in [-0.39, 0.29) is 24.3 Å². The van der Waals surface area contributed by atoms with E-state index in [2.05, 4.69) is 24.5 Å². The van der Waals surface area contributed by atoms with E-state index in [4.69, 9.17) is 5.73 Å². The zero-order valence-electron chi connectivity index (χ0n) is 15.5. The Morgan fingerprint density at radius 2 is 1.81 bits per heavy atom. The van der Waals surface area contributed by atoms with Crippen molar-refractivity contribution in [2.75, 3.05) is 6.54 Å². The minimum Gasteiger partial charge on any atom is -0.345 e. The van der Waals surface area contributed by atoms with Gasteiger partial charge in [-0.3, -0.25) is 4.79 Å². The number of amides is 1. The standard InChI is InChI=1S/C20H24F3N3O/c1-12(2)19-4-3-15-11-25(5-6-26(15)19)20(27)9-14(24)7-13-8-17(22)18(23)10-16(13)21/h3-4,8,10,12,14H,5-7,9,11,24H2,1-2H3/t14-/m1/s1. The molecule has 7 heteroatoms. The number of carbonyl (C=O) groups excluding carboxylic acids is 1. The van der Waals surface area contributed by atoms with E-state index in [0.29, 0.717) is 25.1 Å². The van der Waals surface area contributed by atoms with Gasteiger partial charge in [0.25, 0.3) is 0 Å². The van der Waals surface area contributed by atoms with E-state index in [1.165, 1.54) is 5.69 Å². The Morgan fingerprint density at radius 1 is 1.11 bits per heavy atom. The molecule has 2 N–H and O–H groups in total. The third-order valence-corrected chi connectivity index (χ3v) is 5.00. The molecule has 0 bridgehead atoms. The van der Waals surface area contributed by atoms with Crippen LogP contribution in [0.2, 0.25) is 0 Å². The van der Waals surface area contributed by atoms with Gasteiger partial charge in [-0.15, -0.1) is 0 Å². The average Bonchev–Trinajstić information content (AvgIpc) is 3.03. The van der Waals surface area contributed by atoms with E-state index in [9.17, 15) is 18.0 Å². The first-order valence-electron chi connectivity index (χ1n) is 9.11. The summed E-state index contributed by atoms with van der Waals surface area (Å²) >= 11 is 0. The second-order valence-electron chi connectivity index (χ2n) is 7.40. The summed E-state index contributed by atoms with van der Waals surface area (Å²) in [5, 5.41) is 0. The third kappa shape index (κ3) is 4.18. The Morgan fingerprint density at radius 3 is 2.52 bits per heavy atom. The Labute approximate surface area is 156 Å². The molecule has 0 fully saturated rings. The molecule has 146 valence electrons. The second kappa shape index (κ2) is 7.76. The van der Waals surface area contributed by atoms with E-state index < -0.39 is 23.5 Å². The SMILES string of the molecule is CC(C)c1ccc2n1CCN(C(=O)C[C@H](N)Cc1cc(F)c(F)cc1F)C2. The van der Waals surface area contributed by atoms with Crippen molar-refractivity contribution in [3.63, 3.8) is 0 Å². The van der Waals surface area contributed by atoms with Crippen LogP contribution in [0.1, 0.15) is 43.1 Å². The van der Waals surface area contributed by atoms with Crippen molar-refractivity contribution in [1.29, 1.82) is 0 Å². The molecule has 1 aliphatic rings. The van der Waals surface area contributed by atoms with Crippen molar-refractivity contribution < 1.29 is 18.0 Å². The summed E-state index contributed by atoms with van der Waals surface area (Å²) in [4.78, 5) is 14.3. The van der Waals surface area contributed by atoms with Gasteiger partial charge in [0, 0.05) is 43.0 Å². The highest BCUT2D eigenvalue weighted by Crippen LogP contribution is 2.23. The molecule has 27 heavy (non-hydrogen) atoms. The number of aromatic nitrogens is 1. The van der Waals surface area contributed by atoms with Gasteiger partial charge in [-0.05, 0) is 36.1 Å². The quantitative estimate of drug-likeness (QED) is 0.811. The first-order valence-corrected chi connectivity index (χ1v) is 9.11. The van der Waals surface area contributed by atoms with Crippen LogP contribution in [0.5, 0.6) is 0 Å². The Balaban J connectivity index is 1.61. The molecule has 0 aliphatic carbocycles. The van der Waals surface area contributed by atoms with Gasteiger partial charge in [-0.25, -0.2) is 13.2 Å². The van der Waals surface area contributed by atoms with Crippen LogP contribution in [0.25, 0.3) is 0 Å². The highest BCUT2D eigenvalue weighted by Gasteiger charge is 2.24. The molecule has 1 aromatic carbocycles. The lowest BCUT2D eigenvalue weighted by molar-refractivity contribution is -0.133. The molecular formula is C20H24F3N3O. The van der Waals surface area contributed by atoms with Gasteiger partial charge in [-0.1, -0.05) is 13.8 Å². The van der Waals surface area contributed by atoms with Gasteiger partial charge in [0.2, 0.25) is 5.91 Å². The van der Waals surface area contributed by atoms with E-state index in [1.807, 2.05) is 6.07 Å². The van der Waals surface area contributed by atoms with Crippen molar-refractivity contribution in [3.8, 4) is 0 Å². The van der Waals surface area contributed by atoms with Crippen molar-refractivity contribution in [3.05, 3.63) is 58.7 Å². The van der Waals surface area contributed by atoms with Crippen LogP contribution in [0.3, 0.4) is 0 Å². The topological polar surface area (TPSA) is 51.3 Å². The molecule has 0 spiro atoms. The number of nitrogens with two attached hydrogens (primary N) is 1. The fourth-order valence-electron chi connectivity index (χ4n) is 3.58. The molecule has 3 rings (SSSR count). The maximum Gasteiger partial charge on any atom is 0.224 e. The molecule has 1 aliphatic heterocycles. The van der Waals surface area contributed by atoms with Crippen LogP contribution >= 0.6 is 0 Å². The molecule has 0 saturated heterocycles. The number of rotatable bonds is 5. The van der Waals surface area contributed by atoms with Gasteiger partial charge in [0.05, 0.1) is 6.54 Å². The summed E-state index contributed by atoms with van der Waals surface area (Å²) < 4.78 is 42.3. The van der Waals surface area contributed by atoms with Crippen LogP contribution in [-0.4, -0.2) is 28.0 Å². The molecule has 0 saturated carbocycles. The van der Waals surface area contributed by atoms with Gasteiger partial charge in [0.15, 0.2) is 11.6 Å². The fraction of sp³-hybridized carbons (Fsp3) is 0.450. The summed E-state index contributed by atoms with van der Waals surface area (Å²) in [7, 11) is 0. The van der Waals surface area contributed by atoms with E-state index in [1.54, 1.807) is 4.90 Å². The highest BCUT2D eigenvalue weighted by atomic mass is 19.2. The van der Waals surface area contributed by atoms with Crippen LogP contribution in [0.4, 0.5) is 13.2 Å². The summed E-state index contributed by atoms with van der Waals surface area (Å²) in [6.07, 6.45) is -0.00727. The Hall–Kier alpha value is -2.28. The van der Waals surface area contributed by atoms with Gasteiger partial charge < -0.3 is 15.2 Å². The second-order valence-corrected chi connectivity index (χ2v) is 7.40. The largest absolute Gasteiger partial charge is 0.345 e. The lowest BCUT2D eigenvalue weighted by atomic mass is 10.0. The number of benzene rings is 1. The van der Waals surface area contributed by atoms with Crippen LogP contribution in [0.15, 0.2) is 24.3 Å². The maximum atomic E-state index is 13.8. The smallest absolute Gasteiger partial charge is 0.224 e. The molecule has 1 amide bonds. The van der Waals surface area contributed by atoms with Crippen molar-refractivity contribution in [2.45, 2.75) is 51.7 Å². The summed E-state index contributed by atoms with van der Waals surface area (Å²) in [5.41, 5.74) is 8.28. The van der Waals surface area contributed by atoms with Gasteiger partial charge in [0.1, 0.15) is 5.82 Å². The van der Waals surface area contributed by atoms with Gasteiger partial charge in [-0.2, -0.15) is 0 Å². The molecule has 2 aromatic rings. The molecule has 0 radical (unpaired) electrons. The average molecular weight is 379 g/mol. The summed E-state index contributed by atoms with van der Waals surface area (Å²) in [6.45, 7) is 6.10. The summed E-state index contributed by atoms with van der Waals surface area (Å²) in [5.74, 6) is -2.92. The van der Waals surface area contributed by atoms with Crippen LogP contribution < -0.4 is 5.73 Å². The Kier molecular flexibility index (Phi) is 5.60. The number of nitrogens with zero attached hydrogens (tertiary/aromatic N) is 2. The van der Waals surface area contributed by atoms with E-state index in [0.717, 1.165) is 18.3 Å². The lowest BCUT2D eigenvalue weighted by Crippen LogP contribution is -2.41. The van der Waals surface area contributed by atoms with Gasteiger partial charge >= 0.3 is 0 Å². The fourth-order valence-corrected chi connectivity index (χ4v) is 3.58. The van der Waals surface area contributed by atoms with Crippen molar-refractivity contribution in [1.82, 2.24) is 9.47 Å². The normalized spacial score (nSPS) is 15.1. The monoisotopic (exact) mass is 379 g/mol. The third-order valence-electron chi connectivity index (χ3n) is 5.00. The first-order chi connectivity index (χ1) is 12.8. The van der Waals surface area contributed by atoms with Crippen LogP contribution in [0, 0.1) is 17.5 Å². The Bertz CT molecular complexity index is 847.